The van der Waals surface area contributed by atoms with Crippen LogP contribution in [0, 0.1) is 13.8 Å². The van der Waals surface area contributed by atoms with E-state index in [2.05, 4.69) is 48.0 Å². The standard InChI is InChI=1S/C23H29N3O2/c1-17-14-18(2)16-20(15-17)28-13-7-6-12-26-22-9-5-4-8-21(22)25-23(26)10-11-24-19(3)27/h4-5,8-9,14-16H,6-7,10-13H2,1-3H3,(H,24,27). The number of carbonyl (C=O) groups is 1. The molecule has 0 bridgehead atoms. The number of benzene rings is 2. The van der Waals surface area contributed by atoms with Crippen molar-refractivity contribution < 1.29 is 9.53 Å². The van der Waals surface area contributed by atoms with Crippen molar-refractivity contribution in [1.82, 2.24) is 14.9 Å². The third-order valence-corrected chi connectivity index (χ3v) is 4.70. The maximum atomic E-state index is 11.1. The molecule has 0 radical (unpaired) electrons. The fourth-order valence-electron chi connectivity index (χ4n) is 3.49. The Balaban J connectivity index is 1.57. The normalized spacial score (nSPS) is 11.0. The summed E-state index contributed by atoms with van der Waals surface area (Å²) in [4.78, 5) is 15.9. The van der Waals surface area contributed by atoms with Gasteiger partial charge < -0.3 is 14.6 Å². The Kier molecular flexibility index (Phi) is 6.69. The number of ether oxygens (including phenoxy) is 1. The fourth-order valence-corrected chi connectivity index (χ4v) is 3.49. The smallest absolute Gasteiger partial charge is 0.216 e. The van der Waals surface area contributed by atoms with Crippen LogP contribution in [0.15, 0.2) is 42.5 Å². The van der Waals surface area contributed by atoms with Gasteiger partial charge in [0.1, 0.15) is 11.6 Å². The molecule has 3 aromatic rings. The molecule has 0 aliphatic carbocycles. The highest BCUT2D eigenvalue weighted by Gasteiger charge is 2.10. The van der Waals surface area contributed by atoms with Crippen LogP contribution in [-0.2, 0) is 17.8 Å². The van der Waals surface area contributed by atoms with E-state index in [0.717, 1.165) is 48.4 Å². The molecule has 0 fully saturated rings. The summed E-state index contributed by atoms with van der Waals surface area (Å²) in [6.45, 7) is 7.93. The van der Waals surface area contributed by atoms with Crippen LogP contribution >= 0.6 is 0 Å². The molecule has 0 unspecified atom stereocenters. The van der Waals surface area contributed by atoms with Crippen molar-refractivity contribution in [1.29, 1.82) is 0 Å². The molecular formula is C23H29N3O2. The number of amides is 1. The van der Waals surface area contributed by atoms with Gasteiger partial charge in [-0.1, -0.05) is 18.2 Å². The van der Waals surface area contributed by atoms with Gasteiger partial charge in [-0.25, -0.2) is 4.98 Å². The molecule has 0 aliphatic heterocycles. The molecule has 5 nitrogen and oxygen atoms in total. The van der Waals surface area contributed by atoms with Gasteiger partial charge in [-0.3, -0.25) is 4.79 Å². The maximum Gasteiger partial charge on any atom is 0.216 e. The lowest BCUT2D eigenvalue weighted by Gasteiger charge is -2.11. The number of para-hydroxylation sites is 2. The van der Waals surface area contributed by atoms with E-state index in [9.17, 15) is 4.79 Å². The summed E-state index contributed by atoms with van der Waals surface area (Å²) in [5.41, 5.74) is 4.61. The van der Waals surface area contributed by atoms with Crippen molar-refractivity contribution in [3.8, 4) is 5.75 Å². The summed E-state index contributed by atoms with van der Waals surface area (Å²) in [7, 11) is 0. The highest BCUT2D eigenvalue weighted by Crippen LogP contribution is 2.19. The first kappa shape index (κ1) is 19.9. The van der Waals surface area contributed by atoms with E-state index < -0.39 is 0 Å². The summed E-state index contributed by atoms with van der Waals surface area (Å²) in [5.74, 6) is 1.96. The first-order valence-corrected chi connectivity index (χ1v) is 9.92. The molecule has 148 valence electrons. The van der Waals surface area contributed by atoms with Crippen molar-refractivity contribution in [2.75, 3.05) is 13.2 Å². The van der Waals surface area contributed by atoms with Gasteiger partial charge in [-0.05, 0) is 62.1 Å². The number of hydrogen-bond acceptors (Lipinski definition) is 3. The maximum absolute atomic E-state index is 11.1. The van der Waals surface area contributed by atoms with Crippen LogP contribution in [0.4, 0.5) is 0 Å². The Bertz CT molecular complexity index is 926. The predicted molar refractivity (Wildman–Crippen MR) is 113 cm³/mol. The molecule has 0 saturated heterocycles. The van der Waals surface area contributed by atoms with Gasteiger partial charge in [0.2, 0.25) is 5.91 Å². The Morgan fingerprint density at radius 1 is 1.11 bits per heavy atom. The Morgan fingerprint density at radius 2 is 1.86 bits per heavy atom. The molecule has 1 aromatic heterocycles. The van der Waals surface area contributed by atoms with Crippen LogP contribution in [0.1, 0.15) is 36.7 Å². The Labute approximate surface area is 166 Å². The average molecular weight is 380 g/mol. The molecule has 2 aromatic carbocycles. The fraction of sp³-hybridized carbons (Fsp3) is 0.391. The van der Waals surface area contributed by atoms with Gasteiger partial charge in [-0.15, -0.1) is 0 Å². The van der Waals surface area contributed by atoms with Gasteiger partial charge in [0.15, 0.2) is 0 Å². The number of nitrogens with one attached hydrogen (secondary N) is 1. The minimum absolute atomic E-state index is 0.00815. The molecule has 0 saturated carbocycles. The minimum Gasteiger partial charge on any atom is -0.494 e. The zero-order valence-electron chi connectivity index (χ0n) is 17.0. The zero-order valence-corrected chi connectivity index (χ0v) is 17.0. The van der Waals surface area contributed by atoms with E-state index >= 15 is 0 Å². The first-order chi connectivity index (χ1) is 13.5. The van der Waals surface area contributed by atoms with Crippen LogP contribution in [0.25, 0.3) is 11.0 Å². The number of hydrogen-bond donors (Lipinski definition) is 1. The number of carbonyl (C=O) groups excluding carboxylic acids is 1. The average Bonchev–Trinajstić information content (AvgIpc) is 2.98. The predicted octanol–water partition coefficient (Wildman–Crippen LogP) is 4.19. The number of fused-ring (bicyclic) bond motifs is 1. The van der Waals surface area contributed by atoms with Crippen LogP contribution in [0.2, 0.25) is 0 Å². The molecule has 1 heterocycles. The Hall–Kier alpha value is -2.82. The second kappa shape index (κ2) is 9.40. The van der Waals surface area contributed by atoms with Crippen LogP contribution in [-0.4, -0.2) is 28.6 Å². The van der Waals surface area contributed by atoms with Gasteiger partial charge >= 0.3 is 0 Å². The van der Waals surface area contributed by atoms with E-state index in [0.29, 0.717) is 13.2 Å². The lowest BCUT2D eigenvalue weighted by atomic mass is 10.1. The molecule has 0 spiro atoms. The van der Waals surface area contributed by atoms with E-state index in [1.807, 2.05) is 18.2 Å². The largest absolute Gasteiger partial charge is 0.494 e. The van der Waals surface area contributed by atoms with E-state index in [1.165, 1.54) is 11.1 Å². The molecule has 0 atom stereocenters. The third kappa shape index (κ3) is 5.35. The summed E-state index contributed by atoms with van der Waals surface area (Å²) in [6, 6.07) is 14.5. The lowest BCUT2D eigenvalue weighted by molar-refractivity contribution is -0.118. The molecule has 5 heteroatoms. The number of aromatic nitrogens is 2. The Morgan fingerprint density at radius 3 is 2.61 bits per heavy atom. The molecule has 3 rings (SSSR count). The van der Waals surface area contributed by atoms with Crippen molar-refractivity contribution in [2.45, 2.75) is 46.6 Å². The topological polar surface area (TPSA) is 56.2 Å². The van der Waals surface area contributed by atoms with Crippen molar-refractivity contribution >= 4 is 16.9 Å². The minimum atomic E-state index is -0.00815. The highest BCUT2D eigenvalue weighted by atomic mass is 16.5. The molecule has 1 N–H and O–H groups in total. The SMILES string of the molecule is CC(=O)NCCc1nc2ccccc2n1CCCCOc1cc(C)cc(C)c1. The lowest BCUT2D eigenvalue weighted by Crippen LogP contribution is -2.23. The quantitative estimate of drug-likeness (QED) is 0.567. The summed E-state index contributed by atoms with van der Waals surface area (Å²) < 4.78 is 8.20. The van der Waals surface area contributed by atoms with Gasteiger partial charge in [-0.2, -0.15) is 0 Å². The van der Waals surface area contributed by atoms with Crippen molar-refractivity contribution in [3.63, 3.8) is 0 Å². The van der Waals surface area contributed by atoms with Crippen molar-refractivity contribution in [3.05, 3.63) is 59.4 Å². The molecular weight excluding hydrogens is 350 g/mol. The van der Waals surface area contributed by atoms with Gasteiger partial charge in [0, 0.05) is 26.4 Å². The monoisotopic (exact) mass is 379 g/mol. The summed E-state index contributed by atoms with van der Waals surface area (Å²) in [5, 5.41) is 2.86. The first-order valence-electron chi connectivity index (χ1n) is 9.92. The van der Waals surface area contributed by atoms with Crippen LogP contribution in [0.3, 0.4) is 0 Å². The molecule has 1 amide bonds. The number of imidazole rings is 1. The van der Waals surface area contributed by atoms with Crippen LogP contribution in [0.5, 0.6) is 5.75 Å². The summed E-state index contributed by atoms with van der Waals surface area (Å²) in [6.07, 6.45) is 2.72. The number of unbranched alkanes of at least 4 members (excludes halogenated alkanes) is 1. The van der Waals surface area contributed by atoms with E-state index in [1.54, 1.807) is 6.92 Å². The number of rotatable bonds is 9. The number of aryl methyl sites for hydroxylation is 3. The number of nitrogens with zero attached hydrogens (tertiary/aromatic N) is 2. The molecule has 28 heavy (non-hydrogen) atoms. The van der Waals surface area contributed by atoms with Crippen LogP contribution < -0.4 is 10.1 Å². The van der Waals surface area contributed by atoms with Crippen molar-refractivity contribution in [2.24, 2.45) is 0 Å². The second-order valence-electron chi connectivity index (χ2n) is 7.28. The summed E-state index contributed by atoms with van der Waals surface area (Å²) >= 11 is 0. The molecule has 0 aliphatic rings. The van der Waals surface area contributed by atoms with Gasteiger partial charge in [0.25, 0.3) is 0 Å². The van der Waals surface area contributed by atoms with E-state index in [4.69, 9.17) is 9.72 Å². The third-order valence-electron chi connectivity index (χ3n) is 4.70. The zero-order chi connectivity index (χ0) is 19.9. The second-order valence-corrected chi connectivity index (χ2v) is 7.28. The van der Waals surface area contributed by atoms with Gasteiger partial charge in [0.05, 0.1) is 17.6 Å². The van der Waals surface area contributed by atoms with E-state index in [-0.39, 0.29) is 5.91 Å². The highest BCUT2D eigenvalue weighted by molar-refractivity contribution is 5.76.